The van der Waals surface area contributed by atoms with Crippen LogP contribution in [0.1, 0.15) is 25.7 Å². The SMILES string of the molecule is COc1ccc2[nH]c(=S)n(CCCC(=O)NC3CC3)c2n1. The van der Waals surface area contributed by atoms with Gasteiger partial charge in [0, 0.05) is 25.1 Å². The van der Waals surface area contributed by atoms with Gasteiger partial charge in [-0.2, -0.15) is 4.98 Å². The minimum Gasteiger partial charge on any atom is -0.481 e. The zero-order chi connectivity index (χ0) is 14.8. The zero-order valence-corrected chi connectivity index (χ0v) is 12.7. The summed E-state index contributed by atoms with van der Waals surface area (Å²) < 4.78 is 7.68. The second kappa shape index (κ2) is 5.85. The molecule has 2 heterocycles. The maximum absolute atomic E-state index is 11.7. The van der Waals surface area contributed by atoms with Gasteiger partial charge in [-0.25, -0.2) is 0 Å². The molecule has 1 saturated carbocycles. The van der Waals surface area contributed by atoms with Gasteiger partial charge in [-0.1, -0.05) is 0 Å². The van der Waals surface area contributed by atoms with Crippen molar-refractivity contribution >= 4 is 29.3 Å². The normalized spacial score (nSPS) is 14.3. The smallest absolute Gasteiger partial charge is 0.220 e. The van der Waals surface area contributed by atoms with Crippen molar-refractivity contribution in [1.29, 1.82) is 0 Å². The number of rotatable bonds is 6. The molecule has 6 nitrogen and oxygen atoms in total. The highest BCUT2D eigenvalue weighted by Gasteiger charge is 2.22. The summed E-state index contributed by atoms with van der Waals surface area (Å²) in [4.78, 5) is 19.2. The lowest BCUT2D eigenvalue weighted by Crippen LogP contribution is -2.25. The van der Waals surface area contributed by atoms with Crippen LogP contribution in [0.5, 0.6) is 5.88 Å². The van der Waals surface area contributed by atoms with Crippen molar-refractivity contribution in [3.8, 4) is 5.88 Å². The fourth-order valence-corrected chi connectivity index (χ4v) is 2.55. The number of H-pyrrole nitrogens is 1. The Morgan fingerprint density at radius 3 is 3.10 bits per heavy atom. The van der Waals surface area contributed by atoms with Crippen LogP contribution in [0.4, 0.5) is 0 Å². The number of carbonyl (C=O) groups is 1. The van der Waals surface area contributed by atoms with Gasteiger partial charge in [-0.15, -0.1) is 0 Å². The molecule has 0 unspecified atom stereocenters. The Morgan fingerprint density at radius 2 is 2.38 bits per heavy atom. The van der Waals surface area contributed by atoms with E-state index in [4.69, 9.17) is 17.0 Å². The molecule has 0 aliphatic heterocycles. The van der Waals surface area contributed by atoms with E-state index in [1.165, 1.54) is 0 Å². The molecule has 1 fully saturated rings. The summed E-state index contributed by atoms with van der Waals surface area (Å²) in [5.74, 6) is 0.672. The number of nitrogens with zero attached hydrogens (tertiary/aromatic N) is 2. The third-order valence-electron chi connectivity index (χ3n) is 3.53. The number of hydrogen-bond donors (Lipinski definition) is 2. The summed E-state index contributed by atoms with van der Waals surface area (Å²) >= 11 is 5.32. The Kier molecular flexibility index (Phi) is 3.92. The Bertz CT molecular complexity index is 717. The van der Waals surface area contributed by atoms with Crippen molar-refractivity contribution in [2.24, 2.45) is 0 Å². The van der Waals surface area contributed by atoms with Gasteiger partial charge in [0.05, 0.1) is 12.6 Å². The minimum atomic E-state index is 0.120. The number of carbonyl (C=O) groups excluding carboxylic acids is 1. The van der Waals surface area contributed by atoms with Gasteiger partial charge >= 0.3 is 0 Å². The lowest BCUT2D eigenvalue weighted by atomic mass is 10.3. The van der Waals surface area contributed by atoms with Crippen LogP contribution in [-0.4, -0.2) is 33.6 Å². The number of aromatic amines is 1. The van der Waals surface area contributed by atoms with Gasteiger partial charge in [0.2, 0.25) is 11.8 Å². The fourth-order valence-electron chi connectivity index (χ4n) is 2.26. The Morgan fingerprint density at radius 1 is 1.57 bits per heavy atom. The third-order valence-corrected chi connectivity index (χ3v) is 3.85. The lowest BCUT2D eigenvalue weighted by molar-refractivity contribution is -0.121. The van der Waals surface area contributed by atoms with Gasteiger partial charge in [-0.3, -0.25) is 4.79 Å². The Balaban J connectivity index is 1.68. The molecule has 2 N–H and O–H groups in total. The number of imidazole rings is 1. The number of nitrogens with one attached hydrogen (secondary N) is 2. The predicted octanol–water partition coefficient (Wildman–Crippen LogP) is 2.16. The Hall–Kier alpha value is -1.89. The predicted molar refractivity (Wildman–Crippen MR) is 81.9 cm³/mol. The van der Waals surface area contributed by atoms with Crippen LogP contribution in [0.2, 0.25) is 0 Å². The van der Waals surface area contributed by atoms with E-state index in [0.717, 1.165) is 30.4 Å². The monoisotopic (exact) mass is 306 g/mol. The first-order chi connectivity index (χ1) is 10.2. The van der Waals surface area contributed by atoms with Gasteiger partial charge < -0.3 is 19.6 Å². The molecule has 0 saturated heterocycles. The molecular formula is C14H18N4O2S. The summed E-state index contributed by atoms with van der Waals surface area (Å²) in [6, 6.07) is 4.10. The molecule has 0 atom stereocenters. The van der Waals surface area contributed by atoms with E-state index >= 15 is 0 Å². The van der Waals surface area contributed by atoms with E-state index in [9.17, 15) is 4.79 Å². The molecule has 0 bridgehead atoms. The molecule has 21 heavy (non-hydrogen) atoms. The molecule has 2 aromatic rings. The average Bonchev–Trinajstić information content (AvgIpc) is 3.22. The highest BCUT2D eigenvalue weighted by atomic mass is 32.1. The van der Waals surface area contributed by atoms with E-state index in [-0.39, 0.29) is 5.91 Å². The second-order valence-corrected chi connectivity index (χ2v) is 5.64. The summed E-state index contributed by atoms with van der Waals surface area (Å²) in [7, 11) is 1.59. The van der Waals surface area contributed by atoms with E-state index in [1.54, 1.807) is 13.2 Å². The molecule has 1 amide bonds. The summed E-state index contributed by atoms with van der Waals surface area (Å²) in [6.07, 6.45) is 3.47. The molecule has 0 spiro atoms. The second-order valence-electron chi connectivity index (χ2n) is 5.25. The van der Waals surface area contributed by atoms with Crippen LogP contribution in [0.25, 0.3) is 11.2 Å². The highest BCUT2D eigenvalue weighted by molar-refractivity contribution is 7.71. The van der Waals surface area contributed by atoms with Crippen molar-refractivity contribution in [1.82, 2.24) is 19.9 Å². The molecule has 1 aliphatic rings. The minimum absolute atomic E-state index is 0.120. The maximum Gasteiger partial charge on any atom is 0.220 e. The van der Waals surface area contributed by atoms with Crippen LogP contribution in [-0.2, 0) is 11.3 Å². The fraction of sp³-hybridized carbons (Fsp3) is 0.500. The molecule has 7 heteroatoms. The number of methoxy groups -OCH3 is 1. The highest BCUT2D eigenvalue weighted by Crippen LogP contribution is 2.19. The summed E-state index contributed by atoms with van der Waals surface area (Å²) in [5, 5.41) is 2.99. The van der Waals surface area contributed by atoms with Crippen LogP contribution in [0, 0.1) is 4.77 Å². The molecule has 112 valence electrons. The van der Waals surface area contributed by atoms with E-state index in [2.05, 4.69) is 15.3 Å². The summed E-state index contributed by atoms with van der Waals surface area (Å²) in [5.41, 5.74) is 1.64. The maximum atomic E-state index is 11.7. The van der Waals surface area contributed by atoms with E-state index < -0.39 is 0 Å². The van der Waals surface area contributed by atoms with Crippen molar-refractivity contribution in [2.45, 2.75) is 38.3 Å². The van der Waals surface area contributed by atoms with Gasteiger partial charge in [0.25, 0.3) is 0 Å². The van der Waals surface area contributed by atoms with Crippen LogP contribution in [0.3, 0.4) is 0 Å². The number of pyridine rings is 1. The number of aromatic nitrogens is 3. The molecular weight excluding hydrogens is 288 g/mol. The quantitative estimate of drug-likeness (QED) is 0.802. The van der Waals surface area contributed by atoms with Gasteiger partial charge in [0.1, 0.15) is 0 Å². The number of fused-ring (bicyclic) bond motifs is 1. The molecule has 2 aromatic heterocycles. The van der Waals surface area contributed by atoms with Crippen molar-refractivity contribution in [3.05, 3.63) is 16.9 Å². The van der Waals surface area contributed by atoms with Crippen molar-refractivity contribution in [2.75, 3.05) is 7.11 Å². The van der Waals surface area contributed by atoms with Crippen LogP contribution >= 0.6 is 12.2 Å². The Labute approximate surface area is 127 Å². The first-order valence-electron chi connectivity index (χ1n) is 7.10. The van der Waals surface area contributed by atoms with Crippen LogP contribution < -0.4 is 10.1 Å². The molecule has 3 rings (SSSR count). The number of ether oxygens (including phenoxy) is 1. The molecule has 1 aliphatic carbocycles. The third kappa shape index (κ3) is 3.24. The molecule has 0 radical (unpaired) electrons. The van der Waals surface area contributed by atoms with E-state index in [0.29, 0.717) is 29.7 Å². The first-order valence-corrected chi connectivity index (χ1v) is 7.51. The average molecular weight is 306 g/mol. The number of amides is 1. The van der Waals surface area contributed by atoms with Crippen molar-refractivity contribution < 1.29 is 9.53 Å². The van der Waals surface area contributed by atoms with Crippen LogP contribution in [0.15, 0.2) is 12.1 Å². The number of hydrogen-bond acceptors (Lipinski definition) is 4. The largest absolute Gasteiger partial charge is 0.481 e. The van der Waals surface area contributed by atoms with Gasteiger partial charge in [0.15, 0.2) is 10.4 Å². The summed E-state index contributed by atoms with van der Waals surface area (Å²) in [6.45, 7) is 0.664. The standard InChI is InChI=1S/C14H18N4O2S/c1-20-12-7-6-10-13(17-12)18(14(21)16-10)8-2-3-11(19)15-9-4-5-9/h6-7,9H,2-5,8H2,1H3,(H,15,19)(H,16,21). The van der Waals surface area contributed by atoms with Crippen molar-refractivity contribution in [3.63, 3.8) is 0 Å². The number of aryl methyl sites for hydroxylation is 1. The zero-order valence-electron chi connectivity index (χ0n) is 11.9. The molecule has 0 aromatic carbocycles. The van der Waals surface area contributed by atoms with E-state index in [1.807, 2.05) is 10.6 Å². The topological polar surface area (TPSA) is 71.9 Å². The first kappa shape index (κ1) is 14.1. The van der Waals surface area contributed by atoms with Gasteiger partial charge in [-0.05, 0) is 37.5 Å². The lowest BCUT2D eigenvalue weighted by Gasteiger charge is -2.05.